The van der Waals surface area contributed by atoms with Crippen LogP contribution in [0.3, 0.4) is 0 Å². The first-order valence-corrected chi connectivity index (χ1v) is 11.0. The highest BCUT2D eigenvalue weighted by atomic mass is 35.5. The standard InChI is InChI=1S/C17H20Cl2NO5PS/c1-17(20,10-25-26(22,23)24)7-6-11-2-4-13(9-14(11)19)27-16-8-12(18)3-5-15(16)21/h2-5,8-9,21H,6-7,10,20H2,1H3,(H2,22,23,24). The molecular weight excluding hydrogens is 432 g/mol. The number of halogens is 2. The third-order valence-corrected chi connectivity index (χ3v) is 5.79. The molecule has 0 bridgehead atoms. The van der Waals surface area contributed by atoms with Gasteiger partial charge in [-0.3, -0.25) is 4.52 Å². The SMILES string of the molecule is CC(N)(CCc1ccc(Sc2cc(Cl)ccc2O)cc1Cl)COP(=O)(O)O. The Kier molecular flexibility index (Phi) is 7.64. The molecule has 6 nitrogen and oxygen atoms in total. The van der Waals surface area contributed by atoms with Crippen LogP contribution >= 0.6 is 42.8 Å². The molecule has 0 aliphatic heterocycles. The topological polar surface area (TPSA) is 113 Å². The van der Waals surface area contributed by atoms with Gasteiger partial charge in [0.15, 0.2) is 0 Å². The molecule has 0 heterocycles. The van der Waals surface area contributed by atoms with Crippen molar-refractivity contribution in [1.29, 1.82) is 0 Å². The Balaban J connectivity index is 2.02. The molecule has 0 saturated carbocycles. The maximum absolute atomic E-state index is 10.8. The van der Waals surface area contributed by atoms with Crippen LogP contribution < -0.4 is 5.73 Å². The van der Waals surface area contributed by atoms with E-state index >= 15 is 0 Å². The highest BCUT2D eigenvalue weighted by Gasteiger charge is 2.24. The van der Waals surface area contributed by atoms with E-state index in [1.54, 1.807) is 25.1 Å². The second-order valence-electron chi connectivity index (χ2n) is 6.39. The van der Waals surface area contributed by atoms with E-state index in [0.29, 0.717) is 27.8 Å². The van der Waals surface area contributed by atoms with E-state index in [4.69, 9.17) is 38.7 Å². The number of rotatable bonds is 8. The molecule has 2 rings (SSSR count). The van der Waals surface area contributed by atoms with Gasteiger partial charge in [0.25, 0.3) is 0 Å². The predicted octanol–water partition coefficient (Wildman–Crippen LogP) is 4.61. The minimum Gasteiger partial charge on any atom is -0.507 e. The fraction of sp³-hybridized carbons (Fsp3) is 0.294. The summed E-state index contributed by atoms with van der Waals surface area (Å²) >= 11 is 13.6. The average Bonchev–Trinajstić information content (AvgIpc) is 2.55. The van der Waals surface area contributed by atoms with Gasteiger partial charge in [0, 0.05) is 20.5 Å². The first-order valence-electron chi connectivity index (χ1n) is 7.89. The van der Waals surface area contributed by atoms with E-state index < -0.39 is 13.4 Å². The minimum absolute atomic E-state index is 0.133. The van der Waals surface area contributed by atoms with Crippen LogP contribution in [0.5, 0.6) is 5.75 Å². The van der Waals surface area contributed by atoms with Gasteiger partial charge in [-0.2, -0.15) is 0 Å². The molecule has 0 aliphatic rings. The summed E-state index contributed by atoms with van der Waals surface area (Å²) in [6.45, 7) is 1.39. The highest BCUT2D eigenvalue weighted by molar-refractivity contribution is 7.99. The lowest BCUT2D eigenvalue weighted by Gasteiger charge is -2.24. The summed E-state index contributed by atoms with van der Waals surface area (Å²) in [7, 11) is -4.55. The van der Waals surface area contributed by atoms with Crippen LogP contribution in [0.15, 0.2) is 46.2 Å². The van der Waals surface area contributed by atoms with E-state index in [-0.39, 0.29) is 12.4 Å². The molecule has 10 heteroatoms. The van der Waals surface area contributed by atoms with Gasteiger partial charge in [0.05, 0.1) is 11.5 Å². The van der Waals surface area contributed by atoms with Crippen molar-refractivity contribution in [2.24, 2.45) is 5.73 Å². The maximum atomic E-state index is 10.8. The van der Waals surface area contributed by atoms with Gasteiger partial charge in [-0.05, 0) is 55.7 Å². The lowest BCUT2D eigenvalue weighted by atomic mass is 9.95. The summed E-state index contributed by atoms with van der Waals surface area (Å²) in [5, 5.41) is 11.0. The Labute approximate surface area is 171 Å². The zero-order valence-electron chi connectivity index (χ0n) is 14.4. The molecule has 0 fully saturated rings. The molecule has 0 aliphatic carbocycles. The van der Waals surface area contributed by atoms with Crippen molar-refractivity contribution in [3.63, 3.8) is 0 Å². The van der Waals surface area contributed by atoms with E-state index in [0.717, 1.165) is 10.5 Å². The Bertz CT molecular complexity index is 859. The van der Waals surface area contributed by atoms with Crippen LogP contribution in [0.1, 0.15) is 18.9 Å². The fourth-order valence-electron chi connectivity index (χ4n) is 2.21. The molecule has 0 aromatic heterocycles. The highest BCUT2D eigenvalue weighted by Crippen LogP contribution is 2.38. The largest absolute Gasteiger partial charge is 0.507 e. The molecule has 0 saturated heterocycles. The molecule has 148 valence electrons. The second-order valence-corrected chi connectivity index (χ2v) is 9.58. The van der Waals surface area contributed by atoms with Gasteiger partial charge in [0.1, 0.15) is 5.75 Å². The van der Waals surface area contributed by atoms with Crippen LogP contribution in [-0.4, -0.2) is 27.0 Å². The molecule has 2 aromatic rings. The molecule has 0 amide bonds. The van der Waals surface area contributed by atoms with Crippen LogP contribution in [-0.2, 0) is 15.5 Å². The summed E-state index contributed by atoms with van der Waals surface area (Å²) < 4.78 is 15.3. The number of phosphoric acid groups is 1. The van der Waals surface area contributed by atoms with Crippen molar-refractivity contribution in [2.75, 3.05) is 6.61 Å². The Hall–Kier alpha value is -0.760. The minimum atomic E-state index is -4.55. The van der Waals surface area contributed by atoms with Crippen molar-refractivity contribution in [1.82, 2.24) is 0 Å². The van der Waals surface area contributed by atoms with Gasteiger partial charge in [0.2, 0.25) is 0 Å². The number of aryl methyl sites for hydroxylation is 1. The molecule has 0 spiro atoms. The van der Waals surface area contributed by atoms with Crippen molar-refractivity contribution < 1.29 is 24.0 Å². The third kappa shape index (κ3) is 7.64. The molecule has 1 unspecified atom stereocenters. The maximum Gasteiger partial charge on any atom is 0.469 e. The summed E-state index contributed by atoms with van der Waals surface area (Å²) in [6.07, 6.45) is 0.942. The monoisotopic (exact) mass is 451 g/mol. The van der Waals surface area contributed by atoms with E-state index in [1.165, 1.54) is 17.8 Å². The number of hydrogen-bond donors (Lipinski definition) is 4. The first-order chi connectivity index (χ1) is 12.5. The normalized spacial score (nSPS) is 14.1. The Morgan fingerprint density at radius 1 is 1.22 bits per heavy atom. The van der Waals surface area contributed by atoms with Gasteiger partial charge in [-0.1, -0.05) is 41.0 Å². The van der Waals surface area contributed by atoms with Gasteiger partial charge < -0.3 is 20.6 Å². The lowest BCUT2D eigenvalue weighted by Crippen LogP contribution is -2.41. The molecule has 1 atom stereocenters. The number of phenolic OH excluding ortho intramolecular Hbond substituents is 1. The van der Waals surface area contributed by atoms with Crippen molar-refractivity contribution >= 4 is 42.8 Å². The van der Waals surface area contributed by atoms with E-state index in [9.17, 15) is 9.67 Å². The van der Waals surface area contributed by atoms with Crippen LogP contribution in [0.4, 0.5) is 0 Å². The van der Waals surface area contributed by atoms with E-state index in [2.05, 4.69) is 4.52 Å². The number of phosphoric ester groups is 1. The van der Waals surface area contributed by atoms with Gasteiger partial charge in [-0.15, -0.1) is 0 Å². The summed E-state index contributed by atoms with van der Waals surface area (Å²) in [5.74, 6) is 0.133. The quantitative estimate of drug-likeness (QED) is 0.433. The summed E-state index contributed by atoms with van der Waals surface area (Å²) in [5.41, 5.74) is 5.97. The van der Waals surface area contributed by atoms with Crippen molar-refractivity contribution in [3.8, 4) is 5.75 Å². The predicted molar refractivity (Wildman–Crippen MR) is 108 cm³/mol. The molecule has 2 aromatic carbocycles. The second kappa shape index (κ2) is 9.16. The Morgan fingerprint density at radius 3 is 2.56 bits per heavy atom. The van der Waals surface area contributed by atoms with Gasteiger partial charge >= 0.3 is 7.82 Å². The number of hydrogen-bond acceptors (Lipinski definition) is 5. The molecule has 5 N–H and O–H groups in total. The zero-order chi connectivity index (χ0) is 20.2. The number of benzene rings is 2. The lowest BCUT2D eigenvalue weighted by molar-refractivity contribution is 0.154. The average molecular weight is 452 g/mol. The zero-order valence-corrected chi connectivity index (χ0v) is 17.7. The van der Waals surface area contributed by atoms with Crippen LogP contribution in [0, 0.1) is 0 Å². The van der Waals surface area contributed by atoms with Crippen LogP contribution in [0.25, 0.3) is 0 Å². The van der Waals surface area contributed by atoms with Crippen molar-refractivity contribution in [3.05, 3.63) is 52.0 Å². The van der Waals surface area contributed by atoms with Gasteiger partial charge in [-0.25, -0.2) is 4.57 Å². The summed E-state index contributed by atoms with van der Waals surface area (Å²) in [6, 6.07) is 10.3. The first kappa shape index (κ1) is 22.5. The fourth-order valence-corrected chi connectivity index (χ4v) is 4.18. The molecule has 27 heavy (non-hydrogen) atoms. The number of phenols is 1. The van der Waals surface area contributed by atoms with Crippen LogP contribution in [0.2, 0.25) is 10.0 Å². The molecule has 0 radical (unpaired) electrons. The number of aromatic hydroxyl groups is 1. The Morgan fingerprint density at radius 2 is 1.93 bits per heavy atom. The van der Waals surface area contributed by atoms with Crippen molar-refractivity contribution in [2.45, 2.75) is 35.1 Å². The summed E-state index contributed by atoms with van der Waals surface area (Å²) in [4.78, 5) is 19.0. The molecular formula is C17H20Cl2NO5PS. The van der Waals surface area contributed by atoms with E-state index in [1.807, 2.05) is 12.1 Å². The smallest absolute Gasteiger partial charge is 0.469 e. The number of nitrogens with two attached hydrogens (primary N) is 1. The third-order valence-electron chi connectivity index (χ3n) is 3.70.